The second-order valence-electron chi connectivity index (χ2n) is 6.36. The molecule has 0 spiro atoms. The number of fused-ring (bicyclic) bond motifs is 1. The summed E-state index contributed by atoms with van der Waals surface area (Å²) < 4.78 is 0. The van der Waals surface area contributed by atoms with Gasteiger partial charge in [0.1, 0.15) is 0 Å². The molecule has 0 bridgehead atoms. The van der Waals surface area contributed by atoms with Gasteiger partial charge in [-0.05, 0) is 43.7 Å². The Bertz CT molecular complexity index is 505. The Hall–Kier alpha value is -1.06. The van der Waals surface area contributed by atoms with Crippen LogP contribution in [0, 0.1) is 5.92 Å². The minimum atomic E-state index is -0.0596. The van der Waals surface area contributed by atoms with Crippen LogP contribution in [0.4, 0.5) is 0 Å². The molecule has 0 aromatic heterocycles. The maximum absolute atomic E-state index is 12.5. The molecule has 4 heteroatoms. The lowest BCUT2D eigenvalue weighted by atomic mass is 9.85. The quantitative estimate of drug-likeness (QED) is 0.898. The number of carbonyl (C=O) groups is 1. The average Bonchev–Trinajstić information content (AvgIpc) is 2.91. The third-order valence-electron chi connectivity index (χ3n) is 4.91. The summed E-state index contributed by atoms with van der Waals surface area (Å²) in [5, 5.41) is 7.33. The van der Waals surface area contributed by atoms with Gasteiger partial charge in [0.05, 0.1) is 12.1 Å². The number of halogens is 1. The summed E-state index contributed by atoms with van der Waals surface area (Å²) in [5.74, 6) is 0.793. The van der Waals surface area contributed by atoms with Crippen molar-refractivity contribution in [2.24, 2.45) is 5.92 Å². The first-order valence-electron chi connectivity index (χ1n) is 7.96. The molecule has 0 radical (unpaired) electrons. The first-order valence-corrected chi connectivity index (χ1v) is 8.34. The predicted molar refractivity (Wildman–Crippen MR) is 85.3 cm³/mol. The molecule has 1 saturated carbocycles. The Labute approximate surface area is 131 Å². The molecule has 4 atom stereocenters. The van der Waals surface area contributed by atoms with Crippen LogP contribution in [0.1, 0.15) is 50.6 Å². The molecular formula is C17H23ClN2O. The Balaban J connectivity index is 1.60. The summed E-state index contributed by atoms with van der Waals surface area (Å²) in [6.45, 7) is 1.99. The zero-order chi connectivity index (χ0) is 14.8. The lowest BCUT2D eigenvalue weighted by molar-refractivity contribution is -0.123. The van der Waals surface area contributed by atoms with E-state index in [1.807, 2.05) is 31.2 Å². The second kappa shape index (κ2) is 6.37. The highest BCUT2D eigenvalue weighted by Gasteiger charge is 2.38. The third-order valence-corrected chi connectivity index (χ3v) is 5.25. The molecule has 1 heterocycles. The van der Waals surface area contributed by atoms with E-state index < -0.39 is 0 Å². The van der Waals surface area contributed by atoms with Crippen molar-refractivity contribution >= 4 is 17.5 Å². The molecule has 3 rings (SSSR count). The van der Waals surface area contributed by atoms with Crippen LogP contribution in [0.15, 0.2) is 24.3 Å². The number of nitrogens with one attached hydrogen (secondary N) is 2. The molecule has 1 aliphatic heterocycles. The molecule has 21 heavy (non-hydrogen) atoms. The normalized spacial score (nSPS) is 29.7. The van der Waals surface area contributed by atoms with E-state index in [0.29, 0.717) is 17.0 Å². The number of amides is 1. The number of benzene rings is 1. The highest BCUT2D eigenvalue weighted by Crippen LogP contribution is 2.33. The van der Waals surface area contributed by atoms with Crippen molar-refractivity contribution in [1.29, 1.82) is 0 Å². The predicted octanol–water partition coefficient (Wildman–Crippen LogP) is 3.44. The number of hydrogen-bond acceptors (Lipinski definition) is 2. The maximum Gasteiger partial charge on any atom is 0.237 e. The van der Waals surface area contributed by atoms with Gasteiger partial charge < -0.3 is 10.6 Å². The van der Waals surface area contributed by atoms with Gasteiger partial charge in [-0.2, -0.15) is 0 Å². The Morgan fingerprint density at radius 3 is 2.86 bits per heavy atom. The summed E-state index contributed by atoms with van der Waals surface area (Å²) >= 11 is 6.19. The minimum Gasteiger partial charge on any atom is -0.348 e. The van der Waals surface area contributed by atoms with E-state index in [1.54, 1.807) is 0 Å². The van der Waals surface area contributed by atoms with Crippen LogP contribution in [0.25, 0.3) is 0 Å². The maximum atomic E-state index is 12.5. The highest BCUT2D eigenvalue weighted by atomic mass is 35.5. The van der Waals surface area contributed by atoms with Crippen molar-refractivity contribution in [3.63, 3.8) is 0 Å². The fourth-order valence-electron chi connectivity index (χ4n) is 3.74. The van der Waals surface area contributed by atoms with Gasteiger partial charge in [-0.1, -0.05) is 42.6 Å². The minimum absolute atomic E-state index is 0.0389. The summed E-state index contributed by atoms with van der Waals surface area (Å²) in [5.41, 5.74) is 0.975. The SMILES string of the molecule is CC(NC(=O)C1CC2CCCCC2N1)c1ccccc1Cl. The van der Waals surface area contributed by atoms with E-state index in [9.17, 15) is 4.79 Å². The summed E-state index contributed by atoms with van der Waals surface area (Å²) in [7, 11) is 0. The van der Waals surface area contributed by atoms with Gasteiger partial charge in [0, 0.05) is 11.1 Å². The molecule has 1 amide bonds. The molecule has 1 aliphatic carbocycles. The van der Waals surface area contributed by atoms with Crippen LogP contribution in [-0.4, -0.2) is 18.0 Å². The molecule has 1 saturated heterocycles. The summed E-state index contributed by atoms with van der Waals surface area (Å²) in [6.07, 6.45) is 6.06. The number of rotatable bonds is 3. The van der Waals surface area contributed by atoms with Gasteiger partial charge >= 0.3 is 0 Å². The van der Waals surface area contributed by atoms with Crippen LogP contribution < -0.4 is 10.6 Å². The highest BCUT2D eigenvalue weighted by molar-refractivity contribution is 6.31. The van der Waals surface area contributed by atoms with E-state index >= 15 is 0 Å². The van der Waals surface area contributed by atoms with E-state index in [-0.39, 0.29) is 18.0 Å². The zero-order valence-corrected chi connectivity index (χ0v) is 13.2. The van der Waals surface area contributed by atoms with E-state index in [4.69, 9.17) is 11.6 Å². The van der Waals surface area contributed by atoms with E-state index in [1.165, 1.54) is 25.7 Å². The first kappa shape index (κ1) is 14.9. The molecular weight excluding hydrogens is 284 g/mol. The first-order chi connectivity index (χ1) is 10.1. The monoisotopic (exact) mass is 306 g/mol. The molecule has 4 unspecified atom stereocenters. The van der Waals surface area contributed by atoms with Gasteiger partial charge in [0.15, 0.2) is 0 Å². The van der Waals surface area contributed by atoms with Gasteiger partial charge in [-0.25, -0.2) is 0 Å². The van der Waals surface area contributed by atoms with Gasteiger partial charge in [-0.15, -0.1) is 0 Å². The molecule has 1 aromatic rings. The molecule has 1 aromatic carbocycles. The smallest absolute Gasteiger partial charge is 0.237 e. The topological polar surface area (TPSA) is 41.1 Å². The van der Waals surface area contributed by atoms with Crippen LogP contribution in [0.5, 0.6) is 0 Å². The molecule has 2 aliphatic rings. The Morgan fingerprint density at radius 1 is 1.33 bits per heavy atom. The van der Waals surface area contributed by atoms with Crippen molar-refractivity contribution in [3.05, 3.63) is 34.9 Å². The zero-order valence-electron chi connectivity index (χ0n) is 12.4. The van der Waals surface area contributed by atoms with Gasteiger partial charge in [-0.3, -0.25) is 4.79 Å². The number of hydrogen-bond donors (Lipinski definition) is 2. The van der Waals surface area contributed by atoms with Gasteiger partial charge in [0.2, 0.25) is 5.91 Å². The fourth-order valence-corrected chi connectivity index (χ4v) is 4.04. The van der Waals surface area contributed by atoms with Crippen LogP contribution in [0.3, 0.4) is 0 Å². The lowest BCUT2D eigenvalue weighted by Crippen LogP contribution is -2.43. The van der Waals surface area contributed by atoms with Crippen molar-refractivity contribution < 1.29 is 4.79 Å². The van der Waals surface area contributed by atoms with Crippen LogP contribution >= 0.6 is 11.6 Å². The Morgan fingerprint density at radius 2 is 2.10 bits per heavy atom. The van der Waals surface area contributed by atoms with Crippen molar-refractivity contribution in [2.75, 3.05) is 0 Å². The summed E-state index contributed by atoms with van der Waals surface area (Å²) in [6, 6.07) is 8.14. The van der Waals surface area contributed by atoms with E-state index in [0.717, 1.165) is 12.0 Å². The van der Waals surface area contributed by atoms with Crippen molar-refractivity contribution in [1.82, 2.24) is 10.6 Å². The fraction of sp³-hybridized carbons (Fsp3) is 0.588. The standard InChI is InChI=1S/C17H23ClN2O/c1-11(13-7-3-4-8-14(13)18)19-17(21)16-10-12-6-2-5-9-15(12)20-16/h3-4,7-8,11-12,15-16,20H,2,5-6,9-10H2,1H3,(H,19,21). The van der Waals surface area contributed by atoms with Crippen molar-refractivity contribution in [2.45, 2.75) is 57.2 Å². The Kier molecular flexibility index (Phi) is 4.51. The van der Waals surface area contributed by atoms with Crippen LogP contribution in [-0.2, 0) is 4.79 Å². The largest absolute Gasteiger partial charge is 0.348 e. The van der Waals surface area contributed by atoms with E-state index in [2.05, 4.69) is 10.6 Å². The molecule has 114 valence electrons. The summed E-state index contributed by atoms with van der Waals surface area (Å²) in [4.78, 5) is 12.5. The average molecular weight is 307 g/mol. The molecule has 2 N–H and O–H groups in total. The van der Waals surface area contributed by atoms with Gasteiger partial charge in [0.25, 0.3) is 0 Å². The second-order valence-corrected chi connectivity index (χ2v) is 6.76. The molecule has 2 fully saturated rings. The molecule has 3 nitrogen and oxygen atoms in total. The third kappa shape index (κ3) is 3.24. The van der Waals surface area contributed by atoms with Crippen molar-refractivity contribution in [3.8, 4) is 0 Å². The number of carbonyl (C=O) groups excluding carboxylic acids is 1. The van der Waals surface area contributed by atoms with Crippen LogP contribution in [0.2, 0.25) is 5.02 Å². The lowest BCUT2D eigenvalue weighted by Gasteiger charge is -2.24.